The second-order valence-corrected chi connectivity index (χ2v) is 13.9. The highest BCUT2D eigenvalue weighted by atomic mass is 32.2. The molecule has 3 aromatic rings. The van der Waals surface area contributed by atoms with Crippen LogP contribution in [-0.4, -0.2) is 72.2 Å². The molecule has 11 nitrogen and oxygen atoms in total. The van der Waals surface area contributed by atoms with Gasteiger partial charge in [0.15, 0.2) is 0 Å². The molecule has 0 radical (unpaired) electrons. The lowest BCUT2D eigenvalue weighted by Crippen LogP contribution is -2.38. The molecule has 1 N–H and O–H groups in total. The average molecular weight is 629 g/mol. The zero-order valence-electron chi connectivity index (χ0n) is 23.7. The molecule has 228 valence electrons. The lowest BCUT2D eigenvalue weighted by molar-refractivity contribution is -0.115. The van der Waals surface area contributed by atoms with E-state index in [0.717, 1.165) is 12.0 Å². The Morgan fingerprint density at radius 3 is 2.30 bits per heavy atom. The third kappa shape index (κ3) is 6.50. The van der Waals surface area contributed by atoms with E-state index >= 15 is 0 Å². The first kappa shape index (κ1) is 30.8. The minimum Gasteiger partial charge on any atom is -0.491 e. The Morgan fingerprint density at radius 1 is 0.907 bits per heavy atom. The number of anilines is 1. The van der Waals surface area contributed by atoms with Crippen LogP contribution in [0.3, 0.4) is 0 Å². The van der Waals surface area contributed by atoms with Crippen LogP contribution in [0.15, 0.2) is 76.5 Å². The molecule has 1 aliphatic carbocycles. The minimum absolute atomic E-state index is 0.0181. The average Bonchev–Trinajstić information content (AvgIpc) is 3.56. The lowest BCUT2D eigenvalue weighted by atomic mass is 10.1. The number of benzene rings is 3. The fourth-order valence-electron chi connectivity index (χ4n) is 5.20. The van der Waals surface area contributed by atoms with Crippen LogP contribution in [0.4, 0.5) is 5.69 Å². The topological polar surface area (TPSA) is 145 Å². The SMILES string of the molecule is COC[C@@H]1CCCN1S(=O)(=O)c1ccc2c(c1)C(=O)C(=O)C2Nc1ccc(OCCOS(=O)(=O)c2ccc(C)cc2)cc1. The van der Waals surface area contributed by atoms with Gasteiger partial charge in [0.1, 0.15) is 25.0 Å². The van der Waals surface area contributed by atoms with E-state index in [0.29, 0.717) is 30.0 Å². The smallest absolute Gasteiger partial charge is 0.297 e. The molecule has 43 heavy (non-hydrogen) atoms. The van der Waals surface area contributed by atoms with Crippen LogP contribution in [-0.2, 0) is 33.9 Å². The molecule has 0 amide bonds. The number of aryl methyl sites for hydroxylation is 1. The number of ketones is 2. The van der Waals surface area contributed by atoms with E-state index in [1.165, 1.54) is 41.7 Å². The third-order valence-electron chi connectivity index (χ3n) is 7.42. The molecule has 1 aliphatic heterocycles. The molecule has 0 saturated carbocycles. The zero-order chi connectivity index (χ0) is 30.8. The number of fused-ring (bicyclic) bond motifs is 1. The fraction of sp³-hybridized carbons (Fsp3) is 0.333. The van der Waals surface area contributed by atoms with E-state index in [-0.39, 0.29) is 41.2 Å². The Kier molecular flexibility index (Phi) is 8.99. The Hall–Kier alpha value is -3.62. The number of ether oxygens (including phenoxy) is 2. The zero-order valence-corrected chi connectivity index (χ0v) is 25.3. The first-order chi connectivity index (χ1) is 20.5. The monoisotopic (exact) mass is 628 g/mol. The van der Waals surface area contributed by atoms with Crippen molar-refractivity contribution < 1.29 is 40.1 Å². The van der Waals surface area contributed by atoms with Crippen molar-refractivity contribution in [1.29, 1.82) is 0 Å². The van der Waals surface area contributed by atoms with Gasteiger partial charge in [-0.1, -0.05) is 23.8 Å². The fourth-order valence-corrected chi connectivity index (χ4v) is 7.80. The van der Waals surface area contributed by atoms with Gasteiger partial charge >= 0.3 is 0 Å². The van der Waals surface area contributed by atoms with Crippen molar-refractivity contribution in [3.05, 3.63) is 83.4 Å². The molecule has 1 unspecified atom stereocenters. The molecule has 13 heteroatoms. The predicted molar refractivity (Wildman–Crippen MR) is 157 cm³/mol. The quantitative estimate of drug-likeness (QED) is 0.180. The lowest BCUT2D eigenvalue weighted by Gasteiger charge is -2.23. The van der Waals surface area contributed by atoms with E-state index in [9.17, 15) is 26.4 Å². The van der Waals surface area contributed by atoms with Gasteiger partial charge < -0.3 is 14.8 Å². The summed E-state index contributed by atoms with van der Waals surface area (Å²) in [5.41, 5.74) is 1.92. The highest BCUT2D eigenvalue weighted by Gasteiger charge is 2.41. The summed E-state index contributed by atoms with van der Waals surface area (Å²) in [6, 6.07) is 15.8. The molecule has 3 aromatic carbocycles. The van der Waals surface area contributed by atoms with Crippen LogP contribution in [0.1, 0.15) is 40.4 Å². The van der Waals surface area contributed by atoms with Crippen LogP contribution in [0.5, 0.6) is 5.75 Å². The van der Waals surface area contributed by atoms with Gasteiger partial charge in [0.25, 0.3) is 10.1 Å². The van der Waals surface area contributed by atoms with Gasteiger partial charge in [0.05, 0.1) is 16.4 Å². The van der Waals surface area contributed by atoms with Crippen molar-refractivity contribution in [2.45, 2.75) is 41.6 Å². The first-order valence-corrected chi connectivity index (χ1v) is 16.5. The molecule has 2 aliphatic rings. The number of hydrogen-bond donors (Lipinski definition) is 1. The summed E-state index contributed by atoms with van der Waals surface area (Å²) in [5.74, 6) is -0.991. The molecule has 0 bridgehead atoms. The van der Waals surface area contributed by atoms with Crippen LogP contribution in [0, 0.1) is 6.92 Å². The summed E-state index contributed by atoms with van der Waals surface area (Å²) in [6.07, 6.45) is 1.41. The molecule has 0 aromatic heterocycles. The number of carbonyl (C=O) groups excluding carboxylic acids is 2. The number of methoxy groups -OCH3 is 1. The van der Waals surface area contributed by atoms with Gasteiger partial charge in [-0.3, -0.25) is 13.8 Å². The van der Waals surface area contributed by atoms with Gasteiger partial charge in [-0.15, -0.1) is 0 Å². The van der Waals surface area contributed by atoms with Gasteiger partial charge in [-0.2, -0.15) is 12.7 Å². The number of nitrogens with zero attached hydrogens (tertiary/aromatic N) is 1. The van der Waals surface area contributed by atoms with Crippen LogP contribution in [0.2, 0.25) is 0 Å². The van der Waals surface area contributed by atoms with Crippen LogP contribution < -0.4 is 10.1 Å². The van der Waals surface area contributed by atoms with Crippen molar-refractivity contribution >= 4 is 37.4 Å². The second-order valence-electron chi connectivity index (χ2n) is 10.3. The van der Waals surface area contributed by atoms with E-state index < -0.39 is 37.7 Å². The normalized spacial score (nSPS) is 19.0. The third-order valence-corrected chi connectivity index (χ3v) is 10.7. The van der Waals surface area contributed by atoms with E-state index in [1.807, 2.05) is 6.92 Å². The van der Waals surface area contributed by atoms with E-state index in [2.05, 4.69) is 5.32 Å². The molecule has 1 saturated heterocycles. The number of Topliss-reactive ketones (excluding diaryl/α,β-unsaturated/α-hetero) is 2. The summed E-state index contributed by atoms with van der Waals surface area (Å²) in [4.78, 5) is 25.8. The minimum atomic E-state index is -3.90. The maximum absolute atomic E-state index is 13.3. The number of nitrogens with one attached hydrogen (secondary N) is 1. The molecule has 0 spiro atoms. The predicted octanol–water partition coefficient (Wildman–Crippen LogP) is 3.50. The van der Waals surface area contributed by atoms with Gasteiger partial charge in [-0.05, 0) is 73.9 Å². The highest BCUT2D eigenvalue weighted by molar-refractivity contribution is 7.89. The Balaban J connectivity index is 1.21. The van der Waals surface area contributed by atoms with Gasteiger partial charge in [-0.25, -0.2) is 8.42 Å². The van der Waals surface area contributed by atoms with Crippen LogP contribution >= 0.6 is 0 Å². The summed E-state index contributed by atoms with van der Waals surface area (Å²) < 4.78 is 68.5. The standard InChI is InChI=1S/C30H32N2O9S2/c1-20-5-11-24(12-6-20)43(37,38)41-17-16-40-23-9-7-21(8-10-23)31-28-26-14-13-25(18-27(26)29(33)30(28)34)42(35,36)32-15-3-4-22(32)19-39-2/h5-14,18,22,28,31H,3-4,15-17,19H2,1-2H3/t22-,28?/m0/s1. The molecular weight excluding hydrogens is 596 g/mol. The summed E-state index contributed by atoms with van der Waals surface area (Å²) in [7, 11) is -6.25. The molecule has 2 atom stereocenters. The van der Waals surface area contributed by atoms with E-state index in [1.54, 1.807) is 36.4 Å². The summed E-state index contributed by atoms with van der Waals surface area (Å²) >= 11 is 0. The number of carbonyl (C=O) groups is 2. The summed E-state index contributed by atoms with van der Waals surface area (Å²) in [6.45, 7) is 2.30. The van der Waals surface area contributed by atoms with Crippen molar-refractivity contribution in [2.24, 2.45) is 0 Å². The molecule has 1 heterocycles. The Labute approximate surface area is 250 Å². The maximum atomic E-state index is 13.3. The van der Waals surface area contributed by atoms with Crippen LogP contribution in [0.25, 0.3) is 0 Å². The Morgan fingerprint density at radius 2 is 1.60 bits per heavy atom. The first-order valence-electron chi connectivity index (χ1n) is 13.7. The largest absolute Gasteiger partial charge is 0.491 e. The number of hydrogen-bond acceptors (Lipinski definition) is 10. The van der Waals surface area contributed by atoms with Crippen molar-refractivity contribution in [2.75, 3.05) is 38.8 Å². The molecule has 5 rings (SSSR count). The number of sulfonamides is 1. The molecular formula is C30H32N2O9S2. The number of rotatable bonds is 12. The van der Waals surface area contributed by atoms with E-state index in [4.69, 9.17) is 13.7 Å². The highest BCUT2D eigenvalue weighted by Crippen LogP contribution is 2.35. The van der Waals surface area contributed by atoms with Crippen molar-refractivity contribution in [1.82, 2.24) is 4.31 Å². The van der Waals surface area contributed by atoms with Crippen molar-refractivity contribution in [3.63, 3.8) is 0 Å². The van der Waals surface area contributed by atoms with Gasteiger partial charge in [0, 0.05) is 30.9 Å². The maximum Gasteiger partial charge on any atom is 0.297 e. The van der Waals surface area contributed by atoms with Gasteiger partial charge in [0.2, 0.25) is 21.6 Å². The Bertz CT molecular complexity index is 1720. The van der Waals surface area contributed by atoms with Crippen molar-refractivity contribution in [3.8, 4) is 5.75 Å². The second kappa shape index (κ2) is 12.5. The summed E-state index contributed by atoms with van der Waals surface area (Å²) in [5, 5.41) is 3.04. The molecule has 1 fully saturated rings.